The van der Waals surface area contributed by atoms with Crippen molar-refractivity contribution >= 4 is 0 Å². The molecule has 0 rings (SSSR count). The summed E-state index contributed by atoms with van der Waals surface area (Å²) >= 11 is 0. The molecule has 0 aliphatic carbocycles. The highest BCUT2D eigenvalue weighted by Crippen LogP contribution is 2.18. The number of hydrogen-bond acceptors (Lipinski definition) is 1. The van der Waals surface area contributed by atoms with E-state index in [4.69, 9.17) is 0 Å². The number of hydrogen-bond donors (Lipinski definition) is 0. The molecule has 0 atom stereocenters. The molecule has 3 heteroatoms. The quantitative estimate of drug-likeness (QED) is 0.645. The molecule has 0 radical (unpaired) electrons. The maximum atomic E-state index is 12.7. The van der Waals surface area contributed by atoms with Crippen molar-refractivity contribution in [1.82, 2.24) is 4.90 Å². The van der Waals surface area contributed by atoms with Crippen LogP contribution in [0.25, 0.3) is 0 Å². The van der Waals surface area contributed by atoms with Crippen LogP contribution in [0.2, 0.25) is 0 Å². The van der Waals surface area contributed by atoms with Crippen LogP contribution in [-0.4, -0.2) is 30.0 Å². The van der Waals surface area contributed by atoms with E-state index >= 15 is 0 Å². The largest absolute Gasteiger partial charge is 0.300 e. The van der Waals surface area contributed by atoms with E-state index in [2.05, 4.69) is 32.6 Å². The van der Waals surface area contributed by atoms with E-state index in [1.54, 1.807) is 0 Å². The van der Waals surface area contributed by atoms with Crippen molar-refractivity contribution in [2.45, 2.75) is 53.0 Å². The maximum Gasteiger partial charge on any atom is 0.246 e. The van der Waals surface area contributed by atoms with Crippen LogP contribution >= 0.6 is 0 Å². The van der Waals surface area contributed by atoms with Gasteiger partial charge in [0.1, 0.15) is 0 Å². The predicted molar refractivity (Wildman–Crippen MR) is 56.8 cm³/mol. The third kappa shape index (κ3) is 7.25. The zero-order valence-electron chi connectivity index (χ0n) is 9.98. The summed E-state index contributed by atoms with van der Waals surface area (Å²) in [6.45, 7) is 10.7. The van der Waals surface area contributed by atoms with Crippen LogP contribution in [0.4, 0.5) is 8.78 Å². The van der Waals surface area contributed by atoms with Crippen molar-refractivity contribution < 1.29 is 8.78 Å². The Kier molecular flexibility index (Phi) is 5.57. The van der Waals surface area contributed by atoms with Gasteiger partial charge in [-0.05, 0) is 26.7 Å². The monoisotopic (exact) mass is 207 g/mol. The Hall–Kier alpha value is -0.180. The fourth-order valence-electron chi connectivity index (χ4n) is 1.37. The van der Waals surface area contributed by atoms with Gasteiger partial charge in [0.2, 0.25) is 5.92 Å². The summed E-state index contributed by atoms with van der Waals surface area (Å²) in [7, 11) is 0. The number of halogens is 2. The van der Waals surface area contributed by atoms with Gasteiger partial charge in [0, 0.05) is 25.6 Å². The summed E-state index contributed by atoms with van der Waals surface area (Å²) in [5.41, 5.74) is 0. The molecule has 1 nitrogen and oxygen atoms in total. The maximum absolute atomic E-state index is 12.7. The topological polar surface area (TPSA) is 3.24 Å². The molecule has 0 aromatic heterocycles. The smallest absolute Gasteiger partial charge is 0.246 e. The highest BCUT2D eigenvalue weighted by Gasteiger charge is 2.23. The van der Waals surface area contributed by atoms with Crippen molar-refractivity contribution in [3.05, 3.63) is 0 Å². The van der Waals surface area contributed by atoms with Gasteiger partial charge in [-0.1, -0.05) is 13.8 Å². The lowest BCUT2D eigenvalue weighted by molar-refractivity contribution is -0.000703. The molecule has 0 saturated carbocycles. The Balaban J connectivity index is 3.98. The molecule has 0 spiro atoms. The van der Waals surface area contributed by atoms with Crippen LogP contribution in [0.15, 0.2) is 0 Å². The van der Waals surface area contributed by atoms with E-state index < -0.39 is 5.92 Å². The molecule has 0 aliphatic rings. The number of nitrogens with zero attached hydrogens (tertiary/aromatic N) is 1. The highest BCUT2D eigenvalue weighted by molar-refractivity contribution is 4.68. The lowest BCUT2D eigenvalue weighted by Gasteiger charge is -2.29. The molecule has 14 heavy (non-hydrogen) atoms. The van der Waals surface area contributed by atoms with E-state index in [0.717, 1.165) is 13.5 Å². The predicted octanol–water partition coefficient (Wildman–Crippen LogP) is 3.40. The van der Waals surface area contributed by atoms with E-state index in [0.29, 0.717) is 18.5 Å². The minimum atomic E-state index is -2.54. The van der Waals surface area contributed by atoms with Crippen molar-refractivity contribution in [3.8, 4) is 0 Å². The van der Waals surface area contributed by atoms with Gasteiger partial charge in [-0.2, -0.15) is 0 Å². The Morgan fingerprint density at radius 3 is 1.93 bits per heavy atom. The second-order valence-corrected chi connectivity index (χ2v) is 4.80. The van der Waals surface area contributed by atoms with Crippen LogP contribution in [-0.2, 0) is 0 Å². The zero-order valence-corrected chi connectivity index (χ0v) is 9.98. The highest BCUT2D eigenvalue weighted by atomic mass is 19.3. The van der Waals surface area contributed by atoms with Gasteiger partial charge in [0.15, 0.2) is 0 Å². The van der Waals surface area contributed by atoms with Gasteiger partial charge < -0.3 is 4.90 Å². The molecule has 0 N–H and O–H groups in total. The van der Waals surface area contributed by atoms with Gasteiger partial charge in [0.05, 0.1) is 0 Å². The molecular formula is C11H23F2N. The van der Waals surface area contributed by atoms with E-state index in [-0.39, 0.29) is 6.42 Å². The fraction of sp³-hybridized carbons (Fsp3) is 1.00. The van der Waals surface area contributed by atoms with Crippen LogP contribution in [0.1, 0.15) is 41.0 Å². The summed E-state index contributed by atoms with van der Waals surface area (Å²) in [6.07, 6.45) is -0.0437. The molecule has 0 amide bonds. The summed E-state index contributed by atoms with van der Waals surface area (Å²) < 4.78 is 25.3. The fourth-order valence-corrected chi connectivity index (χ4v) is 1.37. The summed E-state index contributed by atoms with van der Waals surface area (Å²) in [5, 5.41) is 0. The number of alkyl halides is 2. The first-order valence-electron chi connectivity index (χ1n) is 5.34. The lowest BCUT2D eigenvalue weighted by Crippen LogP contribution is -2.36. The molecule has 0 heterocycles. The molecule has 0 aromatic rings. The Morgan fingerprint density at radius 2 is 1.64 bits per heavy atom. The normalized spacial score (nSPS) is 13.3. The summed E-state index contributed by atoms with van der Waals surface area (Å²) in [4.78, 5) is 2.11. The first-order chi connectivity index (χ1) is 6.22. The van der Waals surface area contributed by atoms with Crippen molar-refractivity contribution in [2.75, 3.05) is 13.1 Å². The van der Waals surface area contributed by atoms with Crippen molar-refractivity contribution in [3.63, 3.8) is 0 Å². The zero-order chi connectivity index (χ0) is 11.4. The molecular weight excluding hydrogens is 184 g/mol. The standard InChI is InChI=1S/C11H23F2N/c1-9(2)8-14(10(3)4)7-6-11(5,12)13/h9-10H,6-8H2,1-5H3. The Morgan fingerprint density at radius 1 is 1.14 bits per heavy atom. The van der Waals surface area contributed by atoms with Gasteiger partial charge >= 0.3 is 0 Å². The van der Waals surface area contributed by atoms with Crippen LogP contribution < -0.4 is 0 Å². The van der Waals surface area contributed by atoms with E-state index in [1.807, 2.05) is 0 Å². The third-order valence-corrected chi connectivity index (χ3v) is 2.17. The molecule has 0 saturated heterocycles. The van der Waals surface area contributed by atoms with E-state index in [9.17, 15) is 8.78 Å². The van der Waals surface area contributed by atoms with Crippen molar-refractivity contribution in [1.29, 1.82) is 0 Å². The molecule has 0 aliphatic heterocycles. The molecule has 0 aromatic carbocycles. The Bertz CT molecular complexity index is 150. The van der Waals surface area contributed by atoms with Gasteiger partial charge in [-0.15, -0.1) is 0 Å². The first-order valence-corrected chi connectivity index (χ1v) is 5.34. The third-order valence-electron chi connectivity index (χ3n) is 2.17. The lowest BCUT2D eigenvalue weighted by atomic mass is 10.1. The van der Waals surface area contributed by atoms with Crippen molar-refractivity contribution in [2.24, 2.45) is 5.92 Å². The first kappa shape index (κ1) is 13.8. The summed E-state index contributed by atoms with van der Waals surface area (Å²) in [5.74, 6) is -2.01. The molecule has 0 bridgehead atoms. The SMILES string of the molecule is CC(C)CN(CCC(C)(F)F)C(C)C. The summed E-state index contributed by atoms with van der Waals surface area (Å²) in [6, 6.07) is 0.347. The minimum absolute atomic E-state index is 0.0437. The second-order valence-electron chi connectivity index (χ2n) is 4.80. The molecule has 0 fully saturated rings. The molecule has 86 valence electrons. The average Bonchev–Trinajstić information content (AvgIpc) is 1.94. The van der Waals surface area contributed by atoms with Crippen LogP contribution in [0.3, 0.4) is 0 Å². The minimum Gasteiger partial charge on any atom is -0.300 e. The van der Waals surface area contributed by atoms with E-state index in [1.165, 1.54) is 0 Å². The van der Waals surface area contributed by atoms with Gasteiger partial charge in [-0.25, -0.2) is 8.78 Å². The second kappa shape index (κ2) is 5.64. The van der Waals surface area contributed by atoms with Gasteiger partial charge in [0.25, 0.3) is 0 Å². The van der Waals surface area contributed by atoms with Crippen LogP contribution in [0, 0.1) is 5.92 Å². The number of rotatable bonds is 6. The molecule has 0 unspecified atom stereocenters. The Labute approximate surface area is 86.5 Å². The average molecular weight is 207 g/mol. The van der Waals surface area contributed by atoms with Crippen LogP contribution in [0.5, 0.6) is 0 Å². The van der Waals surface area contributed by atoms with Gasteiger partial charge in [-0.3, -0.25) is 0 Å².